The van der Waals surface area contributed by atoms with Crippen molar-refractivity contribution in [2.24, 2.45) is 5.10 Å². The number of hydrazone groups is 1. The summed E-state index contributed by atoms with van der Waals surface area (Å²) in [4.78, 5) is 28.1. The first kappa shape index (κ1) is 21.4. The summed E-state index contributed by atoms with van der Waals surface area (Å²) in [5.41, 5.74) is 4.98. The molecule has 1 atom stereocenters. The number of rotatable bonds is 8. The van der Waals surface area contributed by atoms with Gasteiger partial charge in [-0.05, 0) is 31.5 Å². The average molecular weight is 409 g/mol. The van der Waals surface area contributed by atoms with Crippen LogP contribution in [0.1, 0.15) is 37.3 Å². The molecular weight excluding hydrogens is 380 g/mol. The van der Waals surface area contributed by atoms with E-state index in [9.17, 15) is 14.7 Å². The molecule has 0 aliphatic carbocycles. The van der Waals surface area contributed by atoms with Crippen LogP contribution in [0, 0.1) is 0 Å². The zero-order valence-corrected chi connectivity index (χ0v) is 17.4. The molecule has 1 fully saturated rings. The Bertz CT molecular complexity index is 910. The first-order valence-electron chi connectivity index (χ1n) is 10.2. The van der Waals surface area contributed by atoms with Gasteiger partial charge in [-0.2, -0.15) is 5.10 Å². The van der Waals surface area contributed by atoms with E-state index in [1.54, 1.807) is 17.0 Å². The molecule has 30 heavy (non-hydrogen) atoms. The highest BCUT2D eigenvalue weighted by molar-refractivity contribution is 5.88. The molecule has 2 amide bonds. The summed E-state index contributed by atoms with van der Waals surface area (Å²) in [5.74, 6) is -0.200. The molecule has 158 valence electrons. The number of nitrogens with one attached hydrogen (secondary N) is 1. The summed E-state index contributed by atoms with van der Waals surface area (Å²) in [5, 5.41) is 14.1. The summed E-state index contributed by atoms with van der Waals surface area (Å²) in [6.07, 6.45) is 1.81. The molecule has 2 aromatic rings. The highest BCUT2D eigenvalue weighted by atomic mass is 16.3. The molecule has 0 unspecified atom stereocenters. The van der Waals surface area contributed by atoms with Gasteiger partial charge in [-0.3, -0.25) is 9.59 Å². The number of hydrogen-bond acceptors (Lipinski definition) is 5. The summed E-state index contributed by atoms with van der Waals surface area (Å²) in [6, 6.07) is 15.2. The van der Waals surface area contributed by atoms with Gasteiger partial charge in [0.1, 0.15) is 12.3 Å². The second kappa shape index (κ2) is 9.91. The molecule has 7 heteroatoms. The minimum atomic E-state index is -0.368. The van der Waals surface area contributed by atoms with E-state index in [1.165, 1.54) is 6.21 Å². The molecular formula is C23H28N4O3. The van der Waals surface area contributed by atoms with Crippen LogP contribution >= 0.6 is 0 Å². The Hall–Kier alpha value is -3.35. The highest BCUT2D eigenvalue weighted by Gasteiger charge is 2.31. The molecule has 1 heterocycles. The standard InChI is InChI=1S/C23H28N4O3/c1-3-26(4-2)20-11-10-18(21(28)13-20)14-24-25-22(29)16-27-15-19(12-23(27)30)17-8-6-5-7-9-17/h5-11,13-14,19,28H,3-4,12,15-16H2,1-2H3,(H,25,29)/b24-14-/t19-/m0/s1. The largest absolute Gasteiger partial charge is 0.507 e. The van der Waals surface area contributed by atoms with Crippen molar-refractivity contribution in [3.63, 3.8) is 0 Å². The fourth-order valence-corrected chi connectivity index (χ4v) is 3.68. The Morgan fingerprint density at radius 3 is 2.63 bits per heavy atom. The van der Waals surface area contributed by atoms with Crippen LogP contribution < -0.4 is 10.3 Å². The molecule has 7 nitrogen and oxygen atoms in total. The maximum absolute atomic E-state index is 12.2. The lowest BCUT2D eigenvalue weighted by Crippen LogP contribution is -2.36. The smallest absolute Gasteiger partial charge is 0.259 e. The number of benzene rings is 2. The number of carbonyl (C=O) groups excluding carboxylic acids is 2. The molecule has 1 aliphatic rings. The zero-order valence-electron chi connectivity index (χ0n) is 17.4. The van der Waals surface area contributed by atoms with E-state index in [0.29, 0.717) is 18.5 Å². The van der Waals surface area contributed by atoms with Crippen LogP contribution in [0.2, 0.25) is 0 Å². The second-order valence-electron chi connectivity index (χ2n) is 7.29. The molecule has 1 aliphatic heterocycles. The topological polar surface area (TPSA) is 85.2 Å². The number of carbonyl (C=O) groups is 2. The van der Waals surface area contributed by atoms with E-state index in [1.807, 2.05) is 36.4 Å². The molecule has 0 saturated carbocycles. The van der Waals surface area contributed by atoms with Gasteiger partial charge in [0, 0.05) is 49.3 Å². The van der Waals surface area contributed by atoms with E-state index in [2.05, 4.69) is 29.3 Å². The van der Waals surface area contributed by atoms with Gasteiger partial charge in [-0.1, -0.05) is 30.3 Å². The summed E-state index contributed by atoms with van der Waals surface area (Å²) in [7, 11) is 0. The lowest BCUT2D eigenvalue weighted by molar-refractivity contribution is -0.133. The van der Waals surface area contributed by atoms with Crippen molar-refractivity contribution in [2.75, 3.05) is 31.1 Å². The molecule has 0 radical (unpaired) electrons. The van der Waals surface area contributed by atoms with E-state index in [-0.39, 0.29) is 30.0 Å². The van der Waals surface area contributed by atoms with Gasteiger partial charge in [-0.25, -0.2) is 5.43 Å². The predicted octanol–water partition coefficient (Wildman–Crippen LogP) is 2.70. The fourth-order valence-electron chi connectivity index (χ4n) is 3.68. The van der Waals surface area contributed by atoms with Crippen LogP contribution in [0.4, 0.5) is 5.69 Å². The van der Waals surface area contributed by atoms with Crippen molar-refractivity contribution in [2.45, 2.75) is 26.2 Å². The Morgan fingerprint density at radius 1 is 1.23 bits per heavy atom. The quantitative estimate of drug-likeness (QED) is 0.520. The first-order valence-corrected chi connectivity index (χ1v) is 10.2. The normalized spacial score (nSPS) is 16.3. The number of phenolic OH excluding ortho intramolecular Hbond substituents is 1. The summed E-state index contributed by atoms with van der Waals surface area (Å²) < 4.78 is 0. The summed E-state index contributed by atoms with van der Waals surface area (Å²) >= 11 is 0. The van der Waals surface area contributed by atoms with E-state index >= 15 is 0 Å². The van der Waals surface area contributed by atoms with Crippen LogP contribution in [0.3, 0.4) is 0 Å². The maximum atomic E-state index is 12.2. The van der Waals surface area contributed by atoms with Gasteiger partial charge in [-0.15, -0.1) is 0 Å². The van der Waals surface area contributed by atoms with Crippen molar-refractivity contribution in [3.05, 3.63) is 59.7 Å². The third-order valence-electron chi connectivity index (χ3n) is 5.36. The number of anilines is 1. The number of aromatic hydroxyl groups is 1. The molecule has 0 aromatic heterocycles. The number of amides is 2. The number of phenols is 1. The Balaban J connectivity index is 1.53. The van der Waals surface area contributed by atoms with Crippen LogP contribution in [0.15, 0.2) is 53.6 Å². The minimum absolute atomic E-state index is 0.0346. The SMILES string of the molecule is CCN(CC)c1ccc(/C=N\NC(=O)CN2C[C@@H](c3ccccc3)CC2=O)c(O)c1. The molecule has 0 spiro atoms. The zero-order chi connectivity index (χ0) is 21.5. The monoisotopic (exact) mass is 408 g/mol. The Labute approximate surface area is 177 Å². The number of hydrogen-bond donors (Lipinski definition) is 2. The lowest BCUT2D eigenvalue weighted by atomic mass is 9.99. The van der Waals surface area contributed by atoms with Gasteiger partial charge >= 0.3 is 0 Å². The van der Waals surface area contributed by atoms with Crippen LogP contribution in [0.5, 0.6) is 5.75 Å². The van der Waals surface area contributed by atoms with Crippen LogP contribution in [0.25, 0.3) is 0 Å². The highest BCUT2D eigenvalue weighted by Crippen LogP contribution is 2.27. The Morgan fingerprint density at radius 2 is 1.97 bits per heavy atom. The molecule has 0 bridgehead atoms. The first-order chi connectivity index (χ1) is 14.5. The van der Waals surface area contributed by atoms with E-state index in [4.69, 9.17) is 0 Å². The lowest BCUT2D eigenvalue weighted by Gasteiger charge is -2.21. The molecule has 2 N–H and O–H groups in total. The molecule has 1 saturated heterocycles. The predicted molar refractivity (Wildman–Crippen MR) is 118 cm³/mol. The van der Waals surface area contributed by atoms with Crippen molar-refractivity contribution in [3.8, 4) is 5.75 Å². The summed E-state index contributed by atoms with van der Waals surface area (Å²) in [6.45, 7) is 6.29. The fraction of sp³-hybridized carbons (Fsp3) is 0.348. The molecule has 3 rings (SSSR count). The van der Waals surface area contributed by atoms with E-state index in [0.717, 1.165) is 24.3 Å². The minimum Gasteiger partial charge on any atom is -0.507 e. The van der Waals surface area contributed by atoms with Crippen LogP contribution in [-0.2, 0) is 9.59 Å². The van der Waals surface area contributed by atoms with Crippen molar-refractivity contribution >= 4 is 23.7 Å². The molecule has 2 aromatic carbocycles. The second-order valence-corrected chi connectivity index (χ2v) is 7.29. The van der Waals surface area contributed by atoms with Gasteiger partial charge in [0.15, 0.2) is 0 Å². The van der Waals surface area contributed by atoms with Crippen molar-refractivity contribution in [1.29, 1.82) is 0 Å². The number of nitrogens with zero attached hydrogens (tertiary/aromatic N) is 3. The van der Waals surface area contributed by atoms with Crippen molar-refractivity contribution < 1.29 is 14.7 Å². The van der Waals surface area contributed by atoms with Crippen molar-refractivity contribution in [1.82, 2.24) is 10.3 Å². The van der Waals surface area contributed by atoms with Gasteiger partial charge in [0.05, 0.1) is 6.21 Å². The van der Waals surface area contributed by atoms with Gasteiger partial charge in [0.25, 0.3) is 5.91 Å². The number of likely N-dealkylation sites (tertiary alicyclic amines) is 1. The Kier molecular flexibility index (Phi) is 7.06. The third kappa shape index (κ3) is 5.17. The third-order valence-corrected chi connectivity index (χ3v) is 5.36. The van der Waals surface area contributed by atoms with Gasteiger partial charge in [0.2, 0.25) is 5.91 Å². The van der Waals surface area contributed by atoms with E-state index < -0.39 is 0 Å². The maximum Gasteiger partial charge on any atom is 0.259 e. The van der Waals surface area contributed by atoms with Crippen LogP contribution in [-0.4, -0.2) is 54.2 Å². The average Bonchev–Trinajstić information content (AvgIpc) is 3.11. The van der Waals surface area contributed by atoms with Gasteiger partial charge < -0.3 is 14.9 Å².